The van der Waals surface area contributed by atoms with Gasteiger partial charge in [-0.15, -0.1) is 0 Å². The molecule has 0 aliphatic rings. The number of halogens is 4. The minimum absolute atomic E-state index is 0.0922. The molecule has 7 heteroatoms. The molecule has 1 amide bonds. The average molecular weight is 345 g/mol. The Labute approximate surface area is 120 Å². The van der Waals surface area contributed by atoms with Crippen LogP contribution in [0.2, 0.25) is 0 Å². The van der Waals surface area contributed by atoms with Gasteiger partial charge >= 0.3 is 0 Å². The summed E-state index contributed by atoms with van der Waals surface area (Å²) >= 11 is 3.02. The largest absolute Gasteiger partial charge is 0.397 e. The number of nitrogen functional groups attached to an aromatic ring is 1. The Morgan fingerprint density at radius 2 is 1.80 bits per heavy atom. The highest BCUT2D eigenvalue weighted by atomic mass is 79.9. The zero-order chi connectivity index (χ0) is 14.9. The Hall–Kier alpha value is -2.02. The van der Waals surface area contributed by atoms with Crippen LogP contribution in [0.1, 0.15) is 10.4 Å². The number of nitrogens with two attached hydrogens (primary N) is 1. The number of rotatable bonds is 2. The van der Waals surface area contributed by atoms with E-state index < -0.39 is 23.4 Å². The van der Waals surface area contributed by atoms with Crippen LogP contribution in [0.5, 0.6) is 0 Å². The molecule has 0 saturated heterocycles. The van der Waals surface area contributed by atoms with Gasteiger partial charge in [-0.2, -0.15) is 0 Å². The van der Waals surface area contributed by atoms with Crippen molar-refractivity contribution in [3.63, 3.8) is 0 Å². The Kier molecular flexibility index (Phi) is 3.99. The lowest BCUT2D eigenvalue weighted by Gasteiger charge is -2.10. The minimum atomic E-state index is -0.992. The van der Waals surface area contributed by atoms with E-state index in [2.05, 4.69) is 21.2 Å². The van der Waals surface area contributed by atoms with Crippen molar-refractivity contribution in [1.82, 2.24) is 0 Å². The fourth-order valence-electron chi connectivity index (χ4n) is 1.58. The smallest absolute Gasteiger partial charge is 0.256 e. The zero-order valence-electron chi connectivity index (χ0n) is 9.88. The molecule has 0 spiro atoms. The monoisotopic (exact) mass is 344 g/mol. The molecule has 0 heterocycles. The fourth-order valence-corrected chi connectivity index (χ4v) is 2.11. The van der Waals surface area contributed by atoms with E-state index in [1.807, 2.05) is 0 Å². The minimum Gasteiger partial charge on any atom is -0.397 e. The Balaban J connectivity index is 2.33. The van der Waals surface area contributed by atoms with Gasteiger partial charge in [0.25, 0.3) is 5.91 Å². The molecule has 0 atom stereocenters. The maximum atomic E-state index is 13.5. The lowest BCUT2D eigenvalue weighted by atomic mass is 10.2. The quantitative estimate of drug-likeness (QED) is 0.816. The number of hydrogen-bond donors (Lipinski definition) is 2. The standard InChI is InChI=1S/C13H8BrF3N2O/c14-9-3-6(15)1-2-8(9)13(20)19-12-10(17)4-7(16)5-11(12)18/h1-5H,18H2,(H,19,20). The third kappa shape index (κ3) is 2.93. The molecule has 0 unspecified atom stereocenters. The number of nitrogens with one attached hydrogen (secondary N) is 1. The predicted molar refractivity (Wildman–Crippen MR) is 72.8 cm³/mol. The number of benzene rings is 2. The Bertz CT molecular complexity index is 668. The van der Waals surface area contributed by atoms with Crippen molar-refractivity contribution in [2.24, 2.45) is 0 Å². The van der Waals surface area contributed by atoms with Crippen LogP contribution in [-0.4, -0.2) is 5.91 Å². The van der Waals surface area contributed by atoms with Crippen molar-refractivity contribution >= 4 is 33.2 Å². The van der Waals surface area contributed by atoms with Gasteiger partial charge in [-0.25, -0.2) is 13.2 Å². The second-order valence-electron chi connectivity index (χ2n) is 3.93. The van der Waals surface area contributed by atoms with E-state index in [0.29, 0.717) is 6.07 Å². The first-order valence-corrected chi connectivity index (χ1v) is 6.18. The molecule has 0 bridgehead atoms. The second-order valence-corrected chi connectivity index (χ2v) is 4.78. The van der Waals surface area contributed by atoms with E-state index in [-0.39, 0.29) is 21.4 Å². The Morgan fingerprint density at radius 1 is 1.10 bits per heavy atom. The van der Waals surface area contributed by atoms with E-state index in [0.717, 1.165) is 18.2 Å². The molecule has 104 valence electrons. The average Bonchev–Trinajstić information content (AvgIpc) is 2.33. The van der Waals surface area contributed by atoms with Crippen molar-refractivity contribution in [1.29, 1.82) is 0 Å². The van der Waals surface area contributed by atoms with Crippen LogP contribution in [0.4, 0.5) is 24.5 Å². The third-order valence-electron chi connectivity index (χ3n) is 2.50. The summed E-state index contributed by atoms with van der Waals surface area (Å²) in [5, 5.41) is 2.22. The van der Waals surface area contributed by atoms with E-state index in [9.17, 15) is 18.0 Å². The van der Waals surface area contributed by atoms with Crippen LogP contribution >= 0.6 is 15.9 Å². The molecule has 20 heavy (non-hydrogen) atoms. The molecule has 0 radical (unpaired) electrons. The molecule has 0 aliphatic carbocycles. The number of anilines is 2. The molecule has 2 aromatic carbocycles. The van der Waals surface area contributed by atoms with Gasteiger partial charge in [0, 0.05) is 10.5 Å². The summed E-state index contributed by atoms with van der Waals surface area (Å²) in [7, 11) is 0. The summed E-state index contributed by atoms with van der Waals surface area (Å²) in [6.07, 6.45) is 0. The normalized spacial score (nSPS) is 10.4. The summed E-state index contributed by atoms with van der Waals surface area (Å²) < 4.78 is 39.6. The summed E-state index contributed by atoms with van der Waals surface area (Å²) in [5.74, 6) is -3.06. The van der Waals surface area contributed by atoms with Crippen LogP contribution in [0.25, 0.3) is 0 Å². The first kappa shape index (κ1) is 14.4. The van der Waals surface area contributed by atoms with Gasteiger partial charge in [0.05, 0.1) is 11.3 Å². The van der Waals surface area contributed by atoms with Crippen LogP contribution in [0, 0.1) is 17.5 Å². The van der Waals surface area contributed by atoms with E-state index >= 15 is 0 Å². The van der Waals surface area contributed by atoms with Gasteiger partial charge in [-0.3, -0.25) is 4.79 Å². The van der Waals surface area contributed by atoms with Crippen molar-refractivity contribution in [2.75, 3.05) is 11.1 Å². The van der Waals surface area contributed by atoms with Crippen LogP contribution in [0.15, 0.2) is 34.8 Å². The van der Waals surface area contributed by atoms with Crippen LogP contribution in [-0.2, 0) is 0 Å². The van der Waals surface area contributed by atoms with E-state index in [1.165, 1.54) is 6.07 Å². The molecule has 0 fully saturated rings. The number of carbonyl (C=O) groups excluding carboxylic acids is 1. The first-order valence-electron chi connectivity index (χ1n) is 5.39. The van der Waals surface area contributed by atoms with Gasteiger partial charge in [-0.05, 0) is 40.2 Å². The van der Waals surface area contributed by atoms with Gasteiger partial charge in [0.15, 0.2) is 5.82 Å². The predicted octanol–water partition coefficient (Wildman–Crippen LogP) is 3.70. The molecule has 3 nitrogen and oxygen atoms in total. The van der Waals surface area contributed by atoms with Gasteiger partial charge in [-0.1, -0.05) is 0 Å². The molecule has 2 rings (SSSR count). The summed E-state index contributed by atoms with van der Waals surface area (Å²) in [5.41, 5.74) is 4.97. The first-order chi connectivity index (χ1) is 9.38. The summed E-state index contributed by atoms with van der Waals surface area (Å²) in [6.45, 7) is 0. The van der Waals surface area contributed by atoms with Crippen LogP contribution < -0.4 is 11.1 Å². The molecular weight excluding hydrogens is 337 g/mol. The summed E-state index contributed by atoms with van der Waals surface area (Å²) in [6, 6.07) is 4.90. The SMILES string of the molecule is Nc1cc(F)cc(F)c1NC(=O)c1ccc(F)cc1Br. The van der Waals surface area contributed by atoms with E-state index in [1.54, 1.807) is 0 Å². The molecule has 0 aromatic heterocycles. The zero-order valence-corrected chi connectivity index (χ0v) is 11.5. The van der Waals surface area contributed by atoms with Crippen molar-refractivity contribution in [3.8, 4) is 0 Å². The Morgan fingerprint density at radius 3 is 2.40 bits per heavy atom. The molecule has 0 aliphatic heterocycles. The number of hydrogen-bond acceptors (Lipinski definition) is 2. The van der Waals surface area contributed by atoms with Gasteiger partial charge < -0.3 is 11.1 Å². The summed E-state index contributed by atoms with van der Waals surface area (Å²) in [4.78, 5) is 12.0. The van der Waals surface area contributed by atoms with E-state index in [4.69, 9.17) is 5.73 Å². The van der Waals surface area contributed by atoms with Crippen molar-refractivity contribution in [2.45, 2.75) is 0 Å². The molecule has 2 aromatic rings. The topological polar surface area (TPSA) is 55.1 Å². The van der Waals surface area contributed by atoms with Crippen molar-refractivity contribution < 1.29 is 18.0 Å². The lowest BCUT2D eigenvalue weighted by molar-refractivity contribution is 0.102. The van der Waals surface area contributed by atoms with Gasteiger partial charge in [0.2, 0.25) is 0 Å². The number of carbonyl (C=O) groups is 1. The second kappa shape index (κ2) is 5.54. The molecular formula is C13H8BrF3N2O. The highest BCUT2D eigenvalue weighted by Gasteiger charge is 2.16. The fraction of sp³-hybridized carbons (Fsp3) is 0. The van der Waals surface area contributed by atoms with Gasteiger partial charge in [0.1, 0.15) is 17.3 Å². The maximum Gasteiger partial charge on any atom is 0.256 e. The molecule has 3 N–H and O–H groups in total. The third-order valence-corrected chi connectivity index (χ3v) is 3.16. The van der Waals surface area contributed by atoms with Crippen molar-refractivity contribution in [3.05, 3.63) is 57.8 Å². The van der Waals surface area contributed by atoms with Crippen LogP contribution in [0.3, 0.4) is 0 Å². The molecule has 0 saturated carbocycles. The lowest BCUT2D eigenvalue weighted by Crippen LogP contribution is -2.15. The number of amides is 1. The highest BCUT2D eigenvalue weighted by molar-refractivity contribution is 9.10. The highest BCUT2D eigenvalue weighted by Crippen LogP contribution is 2.26. The maximum absolute atomic E-state index is 13.5.